The van der Waals surface area contributed by atoms with Gasteiger partial charge < -0.3 is 14.4 Å². The molecule has 192 valence electrons. The Balaban J connectivity index is 1.91. The second-order valence-corrected chi connectivity index (χ2v) is 10.1. The van der Waals surface area contributed by atoms with Gasteiger partial charge in [0.15, 0.2) is 5.78 Å². The number of amides is 1. The molecule has 6 nitrogen and oxygen atoms in total. The van der Waals surface area contributed by atoms with Gasteiger partial charge in [-0.05, 0) is 30.2 Å². The maximum Gasteiger partial charge on any atom is 0.318 e. The van der Waals surface area contributed by atoms with Crippen molar-refractivity contribution in [1.82, 2.24) is 4.90 Å². The molecule has 0 bridgehead atoms. The fourth-order valence-corrected chi connectivity index (χ4v) is 5.11. The average molecular weight is 564 g/mol. The van der Waals surface area contributed by atoms with E-state index in [-0.39, 0.29) is 11.7 Å². The molecule has 0 saturated carbocycles. The van der Waals surface area contributed by atoms with Gasteiger partial charge in [-0.2, -0.15) is 0 Å². The van der Waals surface area contributed by atoms with Crippen molar-refractivity contribution < 1.29 is 23.9 Å². The van der Waals surface area contributed by atoms with Gasteiger partial charge in [-0.15, -0.1) is 0 Å². The molecule has 0 aromatic heterocycles. The first-order valence-electron chi connectivity index (χ1n) is 12.3. The maximum absolute atomic E-state index is 14.2. The lowest BCUT2D eigenvalue weighted by Crippen LogP contribution is -2.48. The van der Waals surface area contributed by atoms with Crippen LogP contribution in [0.15, 0.2) is 83.3 Å². The molecule has 3 unspecified atom stereocenters. The highest BCUT2D eigenvalue weighted by molar-refractivity contribution is 9.10. The molecule has 0 N–H and O–H groups in total. The number of ether oxygens (including phenoxy) is 2. The lowest BCUT2D eigenvalue weighted by molar-refractivity contribution is -0.156. The van der Waals surface area contributed by atoms with Crippen LogP contribution in [0.5, 0.6) is 0 Å². The highest BCUT2D eigenvalue weighted by atomic mass is 79.9. The Morgan fingerprint density at radius 2 is 1.49 bits per heavy atom. The summed E-state index contributed by atoms with van der Waals surface area (Å²) in [5.41, 5.74) is 2.98. The Hall–Kier alpha value is -3.29. The van der Waals surface area contributed by atoms with Crippen molar-refractivity contribution in [2.45, 2.75) is 18.8 Å². The van der Waals surface area contributed by atoms with Gasteiger partial charge in [-0.3, -0.25) is 14.4 Å². The molecular formula is C30H30BrNO5. The number of ketones is 1. The van der Waals surface area contributed by atoms with Gasteiger partial charge in [-0.1, -0.05) is 88.2 Å². The van der Waals surface area contributed by atoms with Gasteiger partial charge in [0.25, 0.3) is 0 Å². The summed E-state index contributed by atoms with van der Waals surface area (Å²) in [6, 6.07) is 24.1. The molecule has 0 spiro atoms. The van der Waals surface area contributed by atoms with Gasteiger partial charge in [0.1, 0.15) is 5.92 Å². The summed E-state index contributed by atoms with van der Waals surface area (Å²) in [6.07, 6.45) is 0. The first-order valence-corrected chi connectivity index (χ1v) is 13.1. The number of Topliss-reactive ketones (excluding diaryl/α,β-unsaturated/α-hetero) is 1. The fraction of sp³-hybridized carbons (Fsp3) is 0.300. The summed E-state index contributed by atoms with van der Waals surface area (Å²) < 4.78 is 11.5. The number of aryl methyl sites for hydroxylation is 1. The summed E-state index contributed by atoms with van der Waals surface area (Å²) in [7, 11) is 1.28. The number of methoxy groups -OCH3 is 1. The SMILES string of the molecule is COC(=O)C(C(=O)N1CCOCC1)C(c1ccc(Br)cc1)C(C(=O)c1ccc(C)cc1)c1ccccc1. The lowest BCUT2D eigenvalue weighted by Gasteiger charge is -2.36. The van der Waals surface area contributed by atoms with Crippen LogP contribution in [-0.4, -0.2) is 56.0 Å². The van der Waals surface area contributed by atoms with E-state index in [1.807, 2.05) is 73.7 Å². The number of hydrogen-bond acceptors (Lipinski definition) is 5. The standard InChI is InChI=1S/C30H30BrNO5/c1-20-8-10-23(11-9-20)28(33)26(21-6-4-3-5-7-21)25(22-12-14-24(31)15-13-22)27(30(35)36-2)29(34)32-16-18-37-19-17-32/h3-15,25-27H,16-19H2,1-2H3. The number of carbonyl (C=O) groups excluding carboxylic acids is 3. The maximum atomic E-state index is 14.2. The van der Waals surface area contributed by atoms with Crippen molar-refractivity contribution in [2.24, 2.45) is 5.92 Å². The van der Waals surface area contributed by atoms with Gasteiger partial charge in [0, 0.05) is 29.0 Å². The monoisotopic (exact) mass is 563 g/mol. The zero-order valence-corrected chi connectivity index (χ0v) is 22.5. The molecule has 3 atom stereocenters. The van der Waals surface area contributed by atoms with Crippen molar-refractivity contribution in [3.63, 3.8) is 0 Å². The number of hydrogen-bond donors (Lipinski definition) is 0. The number of benzene rings is 3. The molecule has 7 heteroatoms. The van der Waals surface area contributed by atoms with E-state index in [2.05, 4.69) is 15.9 Å². The van der Waals surface area contributed by atoms with E-state index in [0.717, 1.165) is 15.6 Å². The Labute approximate surface area is 225 Å². The van der Waals surface area contributed by atoms with Crippen LogP contribution in [0.2, 0.25) is 0 Å². The number of rotatable bonds is 8. The molecule has 1 aliphatic heterocycles. The van der Waals surface area contributed by atoms with E-state index in [4.69, 9.17) is 9.47 Å². The van der Waals surface area contributed by atoms with Crippen molar-refractivity contribution in [3.05, 3.63) is 106 Å². The molecule has 1 heterocycles. The summed E-state index contributed by atoms with van der Waals surface area (Å²) in [4.78, 5) is 43.2. The second kappa shape index (κ2) is 12.3. The third-order valence-electron chi connectivity index (χ3n) is 6.79. The van der Waals surface area contributed by atoms with E-state index in [1.54, 1.807) is 17.0 Å². The molecule has 0 aliphatic carbocycles. The van der Waals surface area contributed by atoms with Crippen LogP contribution in [0.4, 0.5) is 0 Å². The average Bonchev–Trinajstić information content (AvgIpc) is 2.94. The quantitative estimate of drug-likeness (QED) is 0.215. The van der Waals surface area contributed by atoms with Crippen molar-refractivity contribution in [3.8, 4) is 0 Å². The van der Waals surface area contributed by atoms with Crippen LogP contribution in [-0.2, 0) is 19.1 Å². The summed E-state index contributed by atoms with van der Waals surface area (Å²) >= 11 is 3.47. The predicted molar refractivity (Wildman–Crippen MR) is 144 cm³/mol. The minimum absolute atomic E-state index is 0.164. The van der Waals surface area contributed by atoms with Crippen molar-refractivity contribution in [2.75, 3.05) is 33.4 Å². The van der Waals surface area contributed by atoms with Crippen LogP contribution in [0.25, 0.3) is 0 Å². The number of halogens is 1. The van der Waals surface area contributed by atoms with Crippen LogP contribution in [0, 0.1) is 12.8 Å². The number of esters is 1. The first-order chi connectivity index (χ1) is 17.9. The molecule has 4 rings (SSSR count). The normalized spacial score (nSPS) is 15.9. The summed E-state index contributed by atoms with van der Waals surface area (Å²) in [5.74, 6) is -4.01. The highest BCUT2D eigenvalue weighted by Gasteiger charge is 2.46. The molecule has 3 aromatic carbocycles. The van der Waals surface area contributed by atoms with Crippen molar-refractivity contribution in [1.29, 1.82) is 0 Å². The number of nitrogens with zero attached hydrogens (tertiary/aromatic N) is 1. The van der Waals surface area contributed by atoms with Crippen LogP contribution in [0.3, 0.4) is 0 Å². The van der Waals surface area contributed by atoms with Crippen LogP contribution < -0.4 is 0 Å². The number of carbonyl (C=O) groups is 3. The van der Waals surface area contributed by atoms with E-state index in [0.29, 0.717) is 37.4 Å². The molecule has 1 amide bonds. The van der Waals surface area contributed by atoms with Gasteiger partial charge in [0.05, 0.1) is 26.2 Å². The molecule has 1 fully saturated rings. The van der Waals surface area contributed by atoms with E-state index >= 15 is 0 Å². The summed E-state index contributed by atoms with van der Waals surface area (Å²) in [6.45, 7) is 3.50. The van der Waals surface area contributed by atoms with Gasteiger partial charge in [0.2, 0.25) is 5.91 Å². The largest absolute Gasteiger partial charge is 0.468 e. The smallest absolute Gasteiger partial charge is 0.318 e. The summed E-state index contributed by atoms with van der Waals surface area (Å²) in [5, 5.41) is 0. The van der Waals surface area contributed by atoms with E-state index in [9.17, 15) is 14.4 Å². The number of morpholine rings is 1. The Morgan fingerprint density at radius 3 is 2.08 bits per heavy atom. The van der Waals surface area contributed by atoms with Crippen molar-refractivity contribution >= 4 is 33.6 Å². The fourth-order valence-electron chi connectivity index (χ4n) is 4.85. The Morgan fingerprint density at radius 1 is 0.865 bits per heavy atom. The minimum Gasteiger partial charge on any atom is -0.468 e. The van der Waals surface area contributed by atoms with Gasteiger partial charge >= 0.3 is 5.97 Å². The third kappa shape index (κ3) is 6.17. The van der Waals surface area contributed by atoms with Crippen LogP contribution in [0.1, 0.15) is 38.9 Å². The zero-order valence-electron chi connectivity index (χ0n) is 20.9. The van der Waals surface area contributed by atoms with E-state index in [1.165, 1.54) is 7.11 Å². The minimum atomic E-state index is -1.22. The Kier molecular flexibility index (Phi) is 8.90. The predicted octanol–water partition coefficient (Wildman–Crippen LogP) is 5.16. The molecule has 1 saturated heterocycles. The molecule has 1 aliphatic rings. The second-order valence-electron chi connectivity index (χ2n) is 9.13. The first kappa shape index (κ1) is 26.8. The van der Waals surface area contributed by atoms with Gasteiger partial charge in [-0.25, -0.2) is 0 Å². The molecular weight excluding hydrogens is 534 g/mol. The molecule has 37 heavy (non-hydrogen) atoms. The zero-order chi connectivity index (χ0) is 26.4. The highest BCUT2D eigenvalue weighted by Crippen LogP contribution is 2.43. The van der Waals surface area contributed by atoms with Crippen LogP contribution >= 0.6 is 15.9 Å². The third-order valence-corrected chi connectivity index (χ3v) is 7.32. The topological polar surface area (TPSA) is 72.9 Å². The lowest BCUT2D eigenvalue weighted by atomic mass is 9.70. The molecule has 0 radical (unpaired) electrons. The molecule has 3 aromatic rings. The Bertz CT molecular complexity index is 1220. The van der Waals surface area contributed by atoms with E-state index < -0.39 is 23.7 Å².